The Labute approximate surface area is 141 Å². The third-order valence-electron chi connectivity index (χ3n) is 4.92. The monoisotopic (exact) mass is 325 g/mol. The SMILES string of the molecule is CC(CC1CCCCN1)NCC1(NC(=O)OC(C)(C)C)CCC1. The van der Waals surface area contributed by atoms with Crippen molar-refractivity contribution in [1.82, 2.24) is 16.0 Å². The average molecular weight is 325 g/mol. The Morgan fingerprint density at radius 1 is 1.30 bits per heavy atom. The van der Waals surface area contributed by atoms with Crippen molar-refractivity contribution in [2.24, 2.45) is 0 Å². The summed E-state index contributed by atoms with van der Waals surface area (Å²) in [6, 6.07) is 1.10. The van der Waals surface area contributed by atoms with Crippen LogP contribution in [-0.2, 0) is 4.74 Å². The van der Waals surface area contributed by atoms with E-state index in [0.29, 0.717) is 12.1 Å². The summed E-state index contributed by atoms with van der Waals surface area (Å²) in [5.74, 6) is 0. The van der Waals surface area contributed by atoms with E-state index in [-0.39, 0.29) is 11.6 Å². The molecule has 134 valence electrons. The standard InChI is InChI=1S/C18H35N3O2/c1-14(12-15-8-5-6-11-19-15)20-13-18(9-7-10-18)21-16(22)23-17(2,3)4/h14-15,19-20H,5-13H2,1-4H3,(H,21,22). The molecule has 0 aromatic rings. The van der Waals surface area contributed by atoms with Crippen molar-refractivity contribution in [3.05, 3.63) is 0 Å². The molecule has 1 saturated carbocycles. The van der Waals surface area contributed by atoms with Crippen molar-refractivity contribution in [1.29, 1.82) is 0 Å². The first-order chi connectivity index (χ1) is 10.8. The molecule has 3 N–H and O–H groups in total. The number of carbonyl (C=O) groups excluding carboxylic acids is 1. The second-order valence-electron chi connectivity index (χ2n) is 8.43. The van der Waals surface area contributed by atoms with Crippen LogP contribution in [0.3, 0.4) is 0 Å². The number of piperidine rings is 1. The Kier molecular flexibility index (Phi) is 6.32. The first-order valence-electron chi connectivity index (χ1n) is 9.26. The van der Waals surface area contributed by atoms with E-state index in [1.807, 2.05) is 20.8 Å². The minimum Gasteiger partial charge on any atom is -0.444 e. The highest BCUT2D eigenvalue weighted by Crippen LogP contribution is 2.31. The van der Waals surface area contributed by atoms with Gasteiger partial charge < -0.3 is 20.7 Å². The van der Waals surface area contributed by atoms with Gasteiger partial charge in [-0.05, 0) is 72.8 Å². The molecule has 0 aromatic heterocycles. The molecule has 1 amide bonds. The molecular weight excluding hydrogens is 290 g/mol. The van der Waals surface area contributed by atoms with Gasteiger partial charge in [-0.2, -0.15) is 0 Å². The molecule has 5 heteroatoms. The molecule has 1 aliphatic carbocycles. The summed E-state index contributed by atoms with van der Waals surface area (Å²) in [7, 11) is 0. The van der Waals surface area contributed by atoms with Crippen molar-refractivity contribution in [2.75, 3.05) is 13.1 Å². The Hall–Kier alpha value is -0.810. The fourth-order valence-electron chi connectivity index (χ4n) is 3.47. The molecule has 2 atom stereocenters. The molecule has 2 unspecified atom stereocenters. The molecule has 0 bridgehead atoms. The smallest absolute Gasteiger partial charge is 0.408 e. The number of hydrogen-bond donors (Lipinski definition) is 3. The lowest BCUT2D eigenvalue weighted by Gasteiger charge is -2.43. The molecule has 2 aliphatic rings. The third kappa shape index (κ3) is 6.30. The highest BCUT2D eigenvalue weighted by molar-refractivity contribution is 5.69. The largest absolute Gasteiger partial charge is 0.444 e. The Balaban J connectivity index is 1.73. The Bertz CT molecular complexity index is 382. The molecule has 23 heavy (non-hydrogen) atoms. The van der Waals surface area contributed by atoms with Gasteiger partial charge >= 0.3 is 6.09 Å². The molecular formula is C18H35N3O2. The number of alkyl carbamates (subject to hydrolysis) is 1. The van der Waals surface area contributed by atoms with Crippen molar-refractivity contribution < 1.29 is 9.53 Å². The number of hydrogen-bond acceptors (Lipinski definition) is 4. The van der Waals surface area contributed by atoms with Gasteiger partial charge in [-0.25, -0.2) is 4.79 Å². The molecule has 2 rings (SSSR count). The van der Waals surface area contributed by atoms with Crippen LogP contribution in [0.1, 0.15) is 72.6 Å². The van der Waals surface area contributed by atoms with Gasteiger partial charge in [0.1, 0.15) is 5.60 Å². The Morgan fingerprint density at radius 3 is 2.57 bits per heavy atom. The zero-order chi connectivity index (χ0) is 16.9. The second kappa shape index (κ2) is 7.84. The third-order valence-corrected chi connectivity index (χ3v) is 4.92. The van der Waals surface area contributed by atoms with Crippen LogP contribution < -0.4 is 16.0 Å². The van der Waals surface area contributed by atoms with Crippen LogP contribution in [-0.4, -0.2) is 42.4 Å². The number of carbonyl (C=O) groups is 1. The van der Waals surface area contributed by atoms with E-state index < -0.39 is 5.60 Å². The van der Waals surface area contributed by atoms with E-state index in [0.717, 1.165) is 32.4 Å². The predicted molar refractivity (Wildman–Crippen MR) is 93.7 cm³/mol. The topological polar surface area (TPSA) is 62.4 Å². The van der Waals surface area contributed by atoms with Crippen LogP contribution in [0.15, 0.2) is 0 Å². The zero-order valence-electron chi connectivity index (χ0n) is 15.3. The average Bonchev–Trinajstić information content (AvgIpc) is 2.40. The van der Waals surface area contributed by atoms with Gasteiger partial charge in [0.2, 0.25) is 0 Å². The van der Waals surface area contributed by atoms with Crippen molar-refractivity contribution in [3.63, 3.8) is 0 Å². The summed E-state index contributed by atoms with van der Waals surface area (Å²) < 4.78 is 5.41. The van der Waals surface area contributed by atoms with E-state index in [1.54, 1.807) is 0 Å². The lowest BCUT2D eigenvalue weighted by molar-refractivity contribution is 0.0378. The van der Waals surface area contributed by atoms with Gasteiger partial charge in [0, 0.05) is 18.6 Å². The highest BCUT2D eigenvalue weighted by Gasteiger charge is 2.39. The predicted octanol–water partition coefficient (Wildman–Crippen LogP) is 2.94. The van der Waals surface area contributed by atoms with Gasteiger partial charge in [0.15, 0.2) is 0 Å². The number of amides is 1. The minimum atomic E-state index is -0.442. The van der Waals surface area contributed by atoms with Crippen molar-refractivity contribution in [3.8, 4) is 0 Å². The van der Waals surface area contributed by atoms with Gasteiger partial charge in [-0.15, -0.1) is 0 Å². The normalized spacial score (nSPS) is 25.3. The maximum atomic E-state index is 12.1. The van der Waals surface area contributed by atoms with Crippen LogP contribution in [0.5, 0.6) is 0 Å². The highest BCUT2D eigenvalue weighted by atomic mass is 16.6. The second-order valence-corrected chi connectivity index (χ2v) is 8.43. The van der Waals surface area contributed by atoms with Crippen LogP contribution in [0.25, 0.3) is 0 Å². The summed E-state index contributed by atoms with van der Waals surface area (Å²) in [4.78, 5) is 12.1. The molecule has 1 saturated heterocycles. The maximum absolute atomic E-state index is 12.1. The molecule has 1 aliphatic heterocycles. The molecule has 0 radical (unpaired) electrons. The summed E-state index contributed by atoms with van der Waals surface area (Å²) in [6.07, 6.45) is 8.05. The molecule has 0 spiro atoms. The zero-order valence-corrected chi connectivity index (χ0v) is 15.3. The van der Waals surface area contributed by atoms with E-state index in [9.17, 15) is 4.79 Å². The van der Waals surface area contributed by atoms with Crippen LogP contribution in [0.4, 0.5) is 4.79 Å². The molecule has 2 fully saturated rings. The van der Waals surface area contributed by atoms with Crippen LogP contribution in [0, 0.1) is 0 Å². The quantitative estimate of drug-likeness (QED) is 0.702. The van der Waals surface area contributed by atoms with E-state index in [1.165, 1.54) is 25.7 Å². The summed E-state index contributed by atoms with van der Waals surface area (Å²) in [5.41, 5.74) is -0.557. The maximum Gasteiger partial charge on any atom is 0.408 e. The Morgan fingerprint density at radius 2 is 2.04 bits per heavy atom. The fourth-order valence-corrected chi connectivity index (χ4v) is 3.47. The summed E-state index contributed by atoms with van der Waals surface area (Å²) in [5, 5.41) is 10.3. The summed E-state index contributed by atoms with van der Waals surface area (Å²) in [6.45, 7) is 9.93. The first kappa shape index (κ1) is 18.5. The summed E-state index contributed by atoms with van der Waals surface area (Å²) >= 11 is 0. The lowest BCUT2D eigenvalue weighted by Crippen LogP contribution is -2.60. The van der Waals surface area contributed by atoms with Gasteiger partial charge in [-0.3, -0.25) is 0 Å². The van der Waals surface area contributed by atoms with Gasteiger partial charge in [0.05, 0.1) is 5.54 Å². The number of rotatable bonds is 6. The van der Waals surface area contributed by atoms with Crippen LogP contribution in [0.2, 0.25) is 0 Å². The van der Waals surface area contributed by atoms with Crippen molar-refractivity contribution >= 4 is 6.09 Å². The van der Waals surface area contributed by atoms with Gasteiger partial charge in [-0.1, -0.05) is 6.42 Å². The van der Waals surface area contributed by atoms with E-state index in [4.69, 9.17) is 4.74 Å². The lowest BCUT2D eigenvalue weighted by atomic mass is 9.76. The van der Waals surface area contributed by atoms with Crippen LogP contribution >= 0.6 is 0 Å². The molecule has 0 aromatic carbocycles. The van der Waals surface area contributed by atoms with Gasteiger partial charge in [0.25, 0.3) is 0 Å². The fraction of sp³-hybridized carbons (Fsp3) is 0.944. The number of nitrogens with one attached hydrogen (secondary N) is 3. The van der Waals surface area contributed by atoms with E-state index >= 15 is 0 Å². The molecule has 1 heterocycles. The molecule has 5 nitrogen and oxygen atoms in total. The minimum absolute atomic E-state index is 0.114. The number of ether oxygens (including phenoxy) is 1. The first-order valence-corrected chi connectivity index (χ1v) is 9.26. The van der Waals surface area contributed by atoms with E-state index in [2.05, 4.69) is 22.9 Å². The van der Waals surface area contributed by atoms with Crippen molar-refractivity contribution in [2.45, 2.75) is 95.9 Å².